The quantitative estimate of drug-likeness (QED) is 0.635. The minimum Gasteiger partial charge on any atom is -0.274 e. The SMILES string of the molecule is CCCc1cn(C)nc1C#N. The smallest absolute Gasteiger partial charge is 0.165 e. The lowest BCUT2D eigenvalue weighted by atomic mass is 10.1. The van der Waals surface area contributed by atoms with Gasteiger partial charge in [0, 0.05) is 18.8 Å². The first kappa shape index (κ1) is 7.80. The molecule has 1 aromatic heterocycles. The fourth-order valence-corrected chi connectivity index (χ4v) is 1.08. The Morgan fingerprint density at radius 2 is 2.45 bits per heavy atom. The fraction of sp³-hybridized carbons (Fsp3) is 0.500. The Labute approximate surface area is 66.3 Å². The van der Waals surface area contributed by atoms with Gasteiger partial charge in [0.25, 0.3) is 0 Å². The molecule has 3 heteroatoms. The van der Waals surface area contributed by atoms with Gasteiger partial charge in [0.1, 0.15) is 6.07 Å². The number of aryl methyl sites for hydroxylation is 2. The number of hydrogen-bond donors (Lipinski definition) is 0. The summed E-state index contributed by atoms with van der Waals surface area (Å²) in [6.45, 7) is 2.09. The van der Waals surface area contributed by atoms with Gasteiger partial charge >= 0.3 is 0 Å². The Bertz CT molecular complexity index is 280. The topological polar surface area (TPSA) is 41.6 Å². The Hall–Kier alpha value is -1.30. The monoisotopic (exact) mass is 149 g/mol. The number of nitrogens with zero attached hydrogens (tertiary/aromatic N) is 3. The maximum Gasteiger partial charge on any atom is 0.165 e. The molecule has 3 nitrogen and oxygen atoms in total. The van der Waals surface area contributed by atoms with Crippen LogP contribution in [0.3, 0.4) is 0 Å². The second kappa shape index (κ2) is 3.20. The third-order valence-corrected chi connectivity index (χ3v) is 1.53. The highest BCUT2D eigenvalue weighted by molar-refractivity contribution is 5.28. The Balaban J connectivity index is 2.95. The minimum atomic E-state index is 0.564. The summed E-state index contributed by atoms with van der Waals surface area (Å²) in [4.78, 5) is 0. The highest BCUT2D eigenvalue weighted by atomic mass is 15.2. The van der Waals surface area contributed by atoms with Crippen molar-refractivity contribution in [3.05, 3.63) is 17.5 Å². The van der Waals surface area contributed by atoms with Crippen LogP contribution in [-0.4, -0.2) is 9.78 Å². The van der Waals surface area contributed by atoms with Crippen LogP contribution in [0.4, 0.5) is 0 Å². The summed E-state index contributed by atoms with van der Waals surface area (Å²) in [6.07, 6.45) is 3.90. The predicted octanol–water partition coefficient (Wildman–Crippen LogP) is 1.24. The summed E-state index contributed by atoms with van der Waals surface area (Å²) in [5.74, 6) is 0. The van der Waals surface area contributed by atoms with E-state index in [9.17, 15) is 0 Å². The van der Waals surface area contributed by atoms with Crippen molar-refractivity contribution in [1.82, 2.24) is 9.78 Å². The molecular formula is C8H11N3. The molecule has 1 rings (SSSR count). The molecule has 0 aromatic carbocycles. The zero-order chi connectivity index (χ0) is 8.27. The summed E-state index contributed by atoms with van der Waals surface area (Å²) >= 11 is 0. The van der Waals surface area contributed by atoms with Crippen molar-refractivity contribution in [1.29, 1.82) is 5.26 Å². The number of rotatable bonds is 2. The van der Waals surface area contributed by atoms with E-state index in [4.69, 9.17) is 5.26 Å². The third-order valence-electron chi connectivity index (χ3n) is 1.53. The molecule has 1 heterocycles. The van der Waals surface area contributed by atoms with Crippen molar-refractivity contribution in [2.45, 2.75) is 19.8 Å². The molecule has 0 bridgehead atoms. The van der Waals surface area contributed by atoms with E-state index in [0.29, 0.717) is 5.69 Å². The first-order chi connectivity index (χ1) is 5.27. The van der Waals surface area contributed by atoms with Gasteiger partial charge in [-0.3, -0.25) is 4.68 Å². The van der Waals surface area contributed by atoms with E-state index in [2.05, 4.69) is 18.1 Å². The van der Waals surface area contributed by atoms with E-state index >= 15 is 0 Å². The Kier molecular flexibility index (Phi) is 2.27. The van der Waals surface area contributed by atoms with Crippen molar-refractivity contribution < 1.29 is 0 Å². The van der Waals surface area contributed by atoms with Gasteiger partial charge in [0.2, 0.25) is 0 Å². The lowest BCUT2D eigenvalue weighted by Gasteiger charge is -1.88. The number of aromatic nitrogens is 2. The van der Waals surface area contributed by atoms with E-state index in [-0.39, 0.29) is 0 Å². The first-order valence-electron chi connectivity index (χ1n) is 3.70. The van der Waals surface area contributed by atoms with Crippen LogP contribution in [0.2, 0.25) is 0 Å². The largest absolute Gasteiger partial charge is 0.274 e. The molecule has 0 aliphatic heterocycles. The van der Waals surface area contributed by atoms with Crippen molar-refractivity contribution in [3.63, 3.8) is 0 Å². The fourth-order valence-electron chi connectivity index (χ4n) is 1.08. The molecule has 0 atom stereocenters. The second-order valence-electron chi connectivity index (χ2n) is 2.54. The molecule has 0 spiro atoms. The Morgan fingerprint density at radius 1 is 1.73 bits per heavy atom. The van der Waals surface area contributed by atoms with Gasteiger partial charge in [-0.25, -0.2) is 0 Å². The maximum atomic E-state index is 8.63. The van der Waals surface area contributed by atoms with Gasteiger partial charge < -0.3 is 0 Å². The van der Waals surface area contributed by atoms with E-state index < -0.39 is 0 Å². The summed E-state index contributed by atoms with van der Waals surface area (Å²) in [5.41, 5.74) is 1.62. The molecule has 0 aliphatic rings. The summed E-state index contributed by atoms with van der Waals surface area (Å²) in [6, 6.07) is 2.07. The van der Waals surface area contributed by atoms with Gasteiger partial charge in [-0.2, -0.15) is 10.4 Å². The maximum absolute atomic E-state index is 8.63. The van der Waals surface area contributed by atoms with Gasteiger partial charge in [0.05, 0.1) is 0 Å². The highest BCUT2D eigenvalue weighted by Crippen LogP contribution is 2.06. The van der Waals surface area contributed by atoms with Crippen molar-refractivity contribution >= 4 is 0 Å². The molecule has 0 unspecified atom stereocenters. The molecule has 0 aliphatic carbocycles. The molecule has 11 heavy (non-hydrogen) atoms. The lowest BCUT2D eigenvalue weighted by Crippen LogP contribution is -1.86. The van der Waals surface area contributed by atoms with Crippen LogP contribution in [0.1, 0.15) is 24.6 Å². The van der Waals surface area contributed by atoms with Crippen LogP contribution in [-0.2, 0) is 13.5 Å². The van der Waals surface area contributed by atoms with Crippen LogP contribution in [0.15, 0.2) is 6.20 Å². The van der Waals surface area contributed by atoms with Gasteiger partial charge in [-0.1, -0.05) is 13.3 Å². The molecule has 0 saturated heterocycles. The highest BCUT2D eigenvalue weighted by Gasteiger charge is 2.04. The molecule has 0 fully saturated rings. The molecule has 0 saturated carbocycles. The zero-order valence-electron chi connectivity index (χ0n) is 6.83. The van der Waals surface area contributed by atoms with E-state index in [0.717, 1.165) is 18.4 Å². The van der Waals surface area contributed by atoms with Crippen LogP contribution in [0.25, 0.3) is 0 Å². The zero-order valence-corrected chi connectivity index (χ0v) is 6.83. The first-order valence-corrected chi connectivity index (χ1v) is 3.70. The van der Waals surface area contributed by atoms with Crippen molar-refractivity contribution in [2.24, 2.45) is 7.05 Å². The molecule has 0 radical (unpaired) electrons. The average molecular weight is 149 g/mol. The number of hydrogen-bond acceptors (Lipinski definition) is 2. The van der Waals surface area contributed by atoms with Crippen molar-refractivity contribution in [2.75, 3.05) is 0 Å². The predicted molar refractivity (Wildman–Crippen MR) is 41.9 cm³/mol. The Morgan fingerprint density at radius 3 is 3.00 bits per heavy atom. The average Bonchev–Trinajstić information content (AvgIpc) is 2.32. The molecule has 58 valence electrons. The van der Waals surface area contributed by atoms with Crippen LogP contribution in [0, 0.1) is 11.3 Å². The van der Waals surface area contributed by atoms with Crippen molar-refractivity contribution in [3.8, 4) is 6.07 Å². The van der Waals surface area contributed by atoms with Gasteiger partial charge in [-0.05, 0) is 6.42 Å². The standard InChI is InChI=1S/C8H11N3/c1-3-4-7-6-11(2)10-8(7)5-9/h6H,3-4H2,1-2H3. The van der Waals surface area contributed by atoms with E-state index in [1.165, 1.54) is 0 Å². The van der Waals surface area contributed by atoms with E-state index in [1.807, 2.05) is 13.2 Å². The second-order valence-corrected chi connectivity index (χ2v) is 2.54. The van der Waals surface area contributed by atoms with Gasteiger partial charge in [-0.15, -0.1) is 0 Å². The molecular weight excluding hydrogens is 138 g/mol. The normalized spacial score (nSPS) is 9.55. The molecule has 0 amide bonds. The van der Waals surface area contributed by atoms with Crippen LogP contribution >= 0.6 is 0 Å². The van der Waals surface area contributed by atoms with Crippen LogP contribution in [0.5, 0.6) is 0 Å². The summed E-state index contributed by atoms with van der Waals surface area (Å²) in [5, 5.41) is 12.6. The van der Waals surface area contributed by atoms with Crippen LogP contribution < -0.4 is 0 Å². The minimum absolute atomic E-state index is 0.564. The lowest BCUT2D eigenvalue weighted by molar-refractivity contribution is 0.762. The van der Waals surface area contributed by atoms with Gasteiger partial charge in [0.15, 0.2) is 5.69 Å². The summed E-state index contributed by atoms with van der Waals surface area (Å²) < 4.78 is 1.68. The molecule has 0 N–H and O–H groups in total. The number of nitriles is 1. The van der Waals surface area contributed by atoms with E-state index in [1.54, 1.807) is 4.68 Å². The third kappa shape index (κ3) is 1.58. The molecule has 1 aromatic rings. The summed E-state index contributed by atoms with van der Waals surface area (Å²) in [7, 11) is 1.83.